The predicted molar refractivity (Wildman–Crippen MR) is 90.1 cm³/mol. The van der Waals surface area contributed by atoms with E-state index in [0.29, 0.717) is 11.0 Å². The van der Waals surface area contributed by atoms with Gasteiger partial charge in [0.25, 0.3) is 7.82 Å². The number of aliphatic hydroxyl groups excluding tert-OH is 1. The van der Waals surface area contributed by atoms with Gasteiger partial charge in [0.2, 0.25) is 5.91 Å². The molecule has 0 aromatic rings. The van der Waals surface area contributed by atoms with Crippen LogP contribution in [0.4, 0.5) is 0 Å². The molecule has 24 heavy (non-hydrogen) atoms. The van der Waals surface area contributed by atoms with Gasteiger partial charge < -0.3 is 28.8 Å². The summed E-state index contributed by atoms with van der Waals surface area (Å²) in [6, 6.07) is -0.875. The molecule has 0 radical (unpaired) electrons. The number of carbonyl (C=O) groups is 1. The number of likely N-dealkylation sites (N-methyl/N-ethyl adjacent to an activating group) is 1. The van der Waals surface area contributed by atoms with Crippen molar-refractivity contribution in [3.05, 3.63) is 12.2 Å². The van der Waals surface area contributed by atoms with Crippen LogP contribution >= 0.6 is 7.82 Å². The molecule has 0 aliphatic carbocycles. The minimum absolute atomic E-state index is 0.00591. The lowest BCUT2D eigenvalue weighted by atomic mass is 10.1. The summed E-state index contributed by atoms with van der Waals surface area (Å²) >= 11 is 0. The Morgan fingerprint density at radius 3 is 2.50 bits per heavy atom. The van der Waals surface area contributed by atoms with Crippen LogP contribution < -0.4 is 10.2 Å². The third-order valence-electron chi connectivity index (χ3n) is 3.01. The predicted octanol–water partition coefficient (Wildman–Crippen LogP) is 0.416. The van der Waals surface area contributed by atoms with Crippen molar-refractivity contribution >= 4 is 13.7 Å². The third-order valence-corrected chi connectivity index (χ3v) is 3.98. The molecule has 0 saturated carbocycles. The number of phosphoric acid groups is 1. The Morgan fingerprint density at radius 1 is 1.38 bits per heavy atom. The van der Waals surface area contributed by atoms with Crippen molar-refractivity contribution in [1.82, 2.24) is 5.32 Å². The first-order chi connectivity index (χ1) is 11.0. The number of hydrogen-bond donors (Lipinski definition) is 2. The Labute approximate surface area is 144 Å². The molecule has 0 rings (SSSR count). The maximum atomic E-state index is 11.8. The second-order valence-electron chi connectivity index (χ2n) is 6.60. The van der Waals surface area contributed by atoms with E-state index in [9.17, 15) is 19.4 Å². The van der Waals surface area contributed by atoms with Gasteiger partial charge in [-0.2, -0.15) is 0 Å². The summed E-state index contributed by atoms with van der Waals surface area (Å²) in [5.41, 5.74) is 0. The molecule has 0 aliphatic heterocycles. The van der Waals surface area contributed by atoms with E-state index in [1.165, 1.54) is 13.0 Å². The number of nitrogens with one attached hydrogen (secondary N) is 1. The Balaban J connectivity index is 4.56. The number of nitrogens with zero attached hydrogens (tertiary/aromatic N) is 1. The van der Waals surface area contributed by atoms with E-state index in [1.54, 1.807) is 6.08 Å². The van der Waals surface area contributed by atoms with Crippen molar-refractivity contribution in [3.63, 3.8) is 0 Å². The van der Waals surface area contributed by atoms with Crippen LogP contribution in [-0.2, 0) is 18.4 Å². The van der Waals surface area contributed by atoms with E-state index >= 15 is 0 Å². The minimum Gasteiger partial charge on any atom is -0.756 e. The van der Waals surface area contributed by atoms with Crippen molar-refractivity contribution in [2.24, 2.45) is 0 Å². The number of amides is 1. The van der Waals surface area contributed by atoms with Crippen LogP contribution in [0.3, 0.4) is 0 Å². The molecular formula is C15H31N2O6P. The summed E-state index contributed by atoms with van der Waals surface area (Å²) in [5, 5.41) is 12.5. The standard InChI is InChI=1S/C15H31N2O6P/c1-6-7-8-9-15(19)14(16-13(2)18)12-23-24(20,21)22-11-10-17(3,4)5/h8-9,14-15,19H,6-7,10-12H2,1-5H3,(H-,16,18,20,21)/b9-8+. The lowest BCUT2D eigenvalue weighted by Gasteiger charge is -2.29. The van der Waals surface area contributed by atoms with Gasteiger partial charge in [0.05, 0.1) is 39.9 Å². The van der Waals surface area contributed by atoms with Crippen molar-refractivity contribution in [1.29, 1.82) is 0 Å². The summed E-state index contributed by atoms with van der Waals surface area (Å²) in [7, 11) is 1.23. The second kappa shape index (κ2) is 11.0. The highest BCUT2D eigenvalue weighted by molar-refractivity contribution is 7.45. The zero-order chi connectivity index (χ0) is 18.8. The van der Waals surface area contributed by atoms with Gasteiger partial charge >= 0.3 is 0 Å². The van der Waals surface area contributed by atoms with Crippen LogP contribution in [0, 0.1) is 0 Å². The van der Waals surface area contributed by atoms with Crippen molar-refractivity contribution in [3.8, 4) is 0 Å². The van der Waals surface area contributed by atoms with Gasteiger partial charge in [0.1, 0.15) is 13.2 Å². The molecule has 0 aliphatic rings. The van der Waals surface area contributed by atoms with Gasteiger partial charge in [0.15, 0.2) is 0 Å². The Bertz CT molecular complexity index is 450. The Kier molecular flexibility index (Phi) is 10.6. The summed E-state index contributed by atoms with van der Waals surface area (Å²) < 4.78 is 21.9. The molecule has 0 fully saturated rings. The topological polar surface area (TPSA) is 108 Å². The van der Waals surface area contributed by atoms with E-state index in [-0.39, 0.29) is 6.61 Å². The molecule has 1 amide bonds. The minimum atomic E-state index is -4.49. The highest BCUT2D eigenvalue weighted by Gasteiger charge is 2.21. The SMILES string of the molecule is CCC/C=C/C(O)C(COP(=O)([O-])OCC[N+](C)(C)C)NC(C)=O. The molecule has 0 saturated heterocycles. The van der Waals surface area contributed by atoms with Gasteiger partial charge in [-0.15, -0.1) is 0 Å². The molecule has 0 spiro atoms. The third kappa shape index (κ3) is 12.6. The molecular weight excluding hydrogens is 335 g/mol. The molecule has 2 N–H and O–H groups in total. The number of hydrogen-bond acceptors (Lipinski definition) is 6. The first-order valence-corrected chi connectivity index (χ1v) is 9.45. The lowest BCUT2D eigenvalue weighted by molar-refractivity contribution is -0.870. The van der Waals surface area contributed by atoms with Crippen molar-refractivity contribution < 1.29 is 32.9 Å². The van der Waals surface area contributed by atoms with Crippen LogP contribution in [0.2, 0.25) is 0 Å². The smallest absolute Gasteiger partial charge is 0.268 e. The number of aliphatic hydroxyl groups is 1. The highest BCUT2D eigenvalue weighted by atomic mass is 31.2. The zero-order valence-electron chi connectivity index (χ0n) is 15.2. The Hall–Kier alpha value is -0.760. The molecule has 0 aromatic carbocycles. The van der Waals surface area contributed by atoms with Crippen molar-refractivity contribution in [2.45, 2.75) is 38.8 Å². The number of quaternary nitrogens is 1. The largest absolute Gasteiger partial charge is 0.756 e. The molecule has 9 heteroatoms. The van der Waals surface area contributed by atoms with Gasteiger partial charge in [-0.1, -0.05) is 25.5 Å². The molecule has 3 atom stereocenters. The summed E-state index contributed by atoms with van der Waals surface area (Å²) in [6.07, 6.45) is 3.93. The lowest BCUT2D eigenvalue weighted by Crippen LogP contribution is -2.45. The monoisotopic (exact) mass is 366 g/mol. The number of unbranched alkanes of at least 4 members (excludes halogenated alkanes) is 1. The van der Waals surface area contributed by atoms with Crippen LogP contribution in [0.25, 0.3) is 0 Å². The fourth-order valence-electron chi connectivity index (χ4n) is 1.66. The fourth-order valence-corrected chi connectivity index (χ4v) is 2.38. The zero-order valence-corrected chi connectivity index (χ0v) is 16.1. The van der Waals surface area contributed by atoms with Crippen molar-refractivity contribution in [2.75, 3.05) is 40.9 Å². The highest BCUT2D eigenvalue weighted by Crippen LogP contribution is 2.38. The van der Waals surface area contributed by atoms with Gasteiger partial charge in [-0.3, -0.25) is 9.36 Å². The van der Waals surface area contributed by atoms with Gasteiger partial charge in [0, 0.05) is 6.92 Å². The molecule has 142 valence electrons. The molecule has 0 heterocycles. The average Bonchev–Trinajstić information content (AvgIpc) is 2.41. The van der Waals surface area contributed by atoms with E-state index in [2.05, 4.69) is 5.32 Å². The van der Waals surface area contributed by atoms with E-state index in [4.69, 9.17) is 9.05 Å². The second-order valence-corrected chi connectivity index (χ2v) is 8.02. The first-order valence-electron chi connectivity index (χ1n) is 7.99. The van der Waals surface area contributed by atoms with Gasteiger partial charge in [-0.25, -0.2) is 0 Å². The summed E-state index contributed by atoms with van der Waals surface area (Å²) in [5.74, 6) is -0.391. The quantitative estimate of drug-likeness (QED) is 0.294. The number of allylic oxidation sites excluding steroid dienone is 1. The van der Waals surface area contributed by atoms with Crippen LogP contribution in [0.1, 0.15) is 26.7 Å². The number of carbonyl (C=O) groups excluding carboxylic acids is 1. The number of phosphoric ester groups is 1. The van der Waals surface area contributed by atoms with Gasteiger partial charge in [-0.05, 0) is 6.42 Å². The number of rotatable bonds is 12. The molecule has 0 bridgehead atoms. The van der Waals surface area contributed by atoms with E-state index in [0.717, 1.165) is 12.8 Å². The van der Waals surface area contributed by atoms with E-state index in [1.807, 2.05) is 28.1 Å². The summed E-state index contributed by atoms with van der Waals surface area (Å²) in [4.78, 5) is 23.0. The van der Waals surface area contributed by atoms with Crippen LogP contribution in [0.15, 0.2) is 12.2 Å². The molecule has 8 nitrogen and oxygen atoms in total. The molecule has 3 unspecified atom stereocenters. The normalized spacial score (nSPS) is 17.5. The average molecular weight is 366 g/mol. The van der Waals surface area contributed by atoms with Crippen LogP contribution in [-0.4, -0.2) is 68.5 Å². The maximum absolute atomic E-state index is 11.8. The maximum Gasteiger partial charge on any atom is 0.268 e. The first kappa shape index (κ1) is 23.2. The summed E-state index contributed by atoms with van der Waals surface area (Å²) in [6.45, 7) is 3.36. The van der Waals surface area contributed by atoms with Crippen LogP contribution in [0.5, 0.6) is 0 Å². The fraction of sp³-hybridized carbons (Fsp3) is 0.800. The Morgan fingerprint density at radius 2 is 2.00 bits per heavy atom. The van der Waals surface area contributed by atoms with E-state index < -0.39 is 32.5 Å². The molecule has 0 aromatic heterocycles.